The normalized spacial score (nSPS) is 11.8. The number of anilines is 1. The summed E-state index contributed by atoms with van der Waals surface area (Å²) in [5, 5.41) is 15.0. The van der Waals surface area contributed by atoms with Gasteiger partial charge in [-0.05, 0) is 60.2 Å². The first-order valence-corrected chi connectivity index (χ1v) is 12.1. The van der Waals surface area contributed by atoms with Crippen LogP contribution in [0, 0.1) is 0 Å². The third-order valence-corrected chi connectivity index (χ3v) is 5.83. The van der Waals surface area contributed by atoms with E-state index in [9.17, 15) is 9.59 Å². The highest BCUT2D eigenvalue weighted by atomic mass is 16.6. The average molecular weight is 504 g/mol. The number of aromatic amines is 1. The molecule has 5 aromatic rings. The molecule has 1 aromatic heterocycles. The van der Waals surface area contributed by atoms with Crippen LogP contribution in [0.4, 0.5) is 21.9 Å². The molecule has 0 aliphatic rings. The number of para-hydroxylation sites is 2. The van der Waals surface area contributed by atoms with E-state index < -0.39 is 12.1 Å². The van der Waals surface area contributed by atoms with Crippen molar-refractivity contribution in [3.8, 4) is 5.75 Å². The second-order valence-electron chi connectivity index (χ2n) is 8.53. The number of fused-ring (bicyclic) bond motifs is 1. The standard InChI is InChI=1S/C30H25N5O3/c36-29(32-22-15-17-24(18-16-22)35-34-23-9-3-1-4-10-23)28(33-30(37)38-25-11-5-2-6-12-25)19-21-20-31-27-14-8-7-13-26(21)27/h1-18,20,28,31H,19H2,(H,32,36)(H,33,37)/t28-/m0/s1. The summed E-state index contributed by atoms with van der Waals surface area (Å²) in [7, 11) is 0. The van der Waals surface area contributed by atoms with E-state index in [1.807, 2.05) is 66.9 Å². The molecule has 0 unspecified atom stereocenters. The number of rotatable bonds is 8. The lowest BCUT2D eigenvalue weighted by atomic mass is 10.0. The van der Waals surface area contributed by atoms with Gasteiger partial charge in [0.05, 0.1) is 11.4 Å². The van der Waals surface area contributed by atoms with Crippen molar-refractivity contribution in [1.29, 1.82) is 0 Å². The monoisotopic (exact) mass is 503 g/mol. The van der Waals surface area contributed by atoms with Gasteiger partial charge in [-0.15, -0.1) is 0 Å². The fourth-order valence-electron chi connectivity index (χ4n) is 3.95. The Bertz CT molecular complexity index is 1550. The molecule has 0 fully saturated rings. The Morgan fingerprint density at radius 1 is 0.763 bits per heavy atom. The predicted octanol–water partition coefficient (Wildman–Crippen LogP) is 6.92. The number of hydrogen-bond donors (Lipinski definition) is 3. The van der Waals surface area contributed by atoms with Crippen molar-refractivity contribution in [3.05, 3.63) is 121 Å². The Labute approximate surface area is 219 Å². The number of benzene rings is 4. The molecule has 0 bridgehead atoms. The lowest BCUT2D eigenvalue weighted by Crippen LogP contribution is -2.46. The smallest absolute Gasteiger partial charge is 0.410 e. The van der Waals surface area contributed by atoms with E-state index in [1.54, 1.807) is 48.5 Å². The van der Waals surface area contributed by atoms with E-state index in [2.05, 4.69) is 25.8 Å². The summed E-state index contributed by atoms with van der Waals surface area (Å²) in [4.78, 5) is 29.2. The van der Waals surface area contributed by atoms with Crippen LogP contribution in [-0.4, -0.2) is 23.0 Å². The maximum atomic E-state index is 13.3. The number of hydrogen-bond acceptors (Lipinski definition) is 5. The number of azo groups is 1. The molecule has 0 saturated carbocycles. The first-order chi connectivity index (χ1) is 18.6. The van der Waals surface area contributed by atoms with E-state index in [-0.39, 0.29) is 12.3 Å². The molecule has 0 aliphatic heterocycles. The summed E-state index contributed by atoms with van der Waals surface area (Å²) < 4.78 is 5.37. The van der Waals surface area contributed by atoms with Gasteiger partial charge in [0.2, 0.25) is 5.91 Å². The largest absolute Gasteiger partial charge is 0.413 e. The van der Waals surface area contributed by atoms with Gasteiger partial charge in [0.25, 0.3) is 0 Å². The quantitative estimate of drug-likeness (QED) is 0.200. The number of H-pyrrole nitrogens is 1. The highest BCUT2D eigenvalue weighted by Gasteiger charge is 2.24. The molecule has 0 saturated heterocycles. The molecular formula is C30H25N5O3. The van der Waals surface area contributed by atoms with Crippen molar-refractivity contribution >= 4 is 40.0 Å². The molecule has 188 valence electrons. The van der Waals surface area contributed by atoms with Crippen molar-refractivity contribution < 1.29 is 14.3 Å². The Hall–Kier alpha value is -5.24. The average Bonchev–Trinajstić information content (AvgIpc) is 3.36. The Morgan fingerprint density at radius 2 is 1.39 bits per heavy atom. The molecule has 38 heavy (non-hydrogen) atoms. The van der Waals surface area contributed by atoms with Crippen LogP contribution in [0.3, 0.4) is 0 Å². The minimum absolute atomic E-state index is 0.267. The van der Waals surface area contributed by atoms with Gasteiger partial charge in [-0.25, -0.2) is 4.79 Å². The van der Waals surface area contributed by atoms with Crippen LogP contribution in [-0.2, 0) is 11.2 Å². The number of ether oxygens (including phenoxy) is 1. The molecule has 0 radical (unpaired) electrons. The summed E-state index contributed by atoms with van der Waals surface area (Å²) in [6.07, 6.45) is 1.40. The fraction of sp³-hybridized carbons (Fsp3) is 0.0667. The molecule has 2 amide bonds. The molecule has 3 N–H and O–H groups in total. The molecule has 1 atom stereocenters. The van der Waals surface area contributed by atoms with Crippen LogP contribution in [0.15, 0.2) is 126 Å². The Morgan fingerprint density at radius 3 is 2.13 bits per heavy atom. The number of nitrogens with one attached hydrogen (secondary N) is 3. The molecule has 4 aromatic carbocycles. The lowest BCUT2D eigenvalue weighted by molar-refractivity contribution is -0.118. The van der Waals surface area contributed by atoms with Gasteiger partial charge < -0.3 is 20.4 Å². The van der Waals surface area contributed by atoms with E-state index in [4.69, 9.17) is 4.74 Å². The van der Waals surface area contributed by atoms with Crippen molar-refractivity contribution in [2.75, 3.05) is 5.32 Å². The fourth-order valence-corrected chi connectivity index (χ4v) is 3.95. The Balaban J connectivity index is 1.30. The SMILES string of the molecule is O=C(N[C@@H](Cc1c[nH]c2ccccc12)C(=O)Nc1ccc(N=Nc2ccccc2)cc1)Oc1ccccc1. The van der Waals surface area contributed by atoms with E-state index in [1.165, 1.54) is 0 Å². The summed E-state index contributed by atoms with van der Waals surface area (Å²) in [6.45, 7) is 0. The number of aromatic nitrogens is 1. The van der Waals surface area contributed by atoms with Crippen LogP contribution in [0.2, 0.25) is 0 Å². The van der Waals surface area contributed by atoms with Crippen molar-refractivity contribution in [1.82, 2.24) is 10.3 Å². The van der Waals surface area contributed by atoms with Gasteiger partial charge in [0, 0.05) is 29.2 Å². The van der Waals surface area contributed by atoms with Crippen LogP contribution in [0.25, 0.3) is 10.9 Å². The molecular weight excluding hydrogens is 478 g/mol. The topological polar surface area (TPSA) is 108 Å². The van der Waals surface area contributed by atoms with Gasteiger partial charge >= 0.3 is 6.09 Å². The molecule has 8 heteroatoms. The molecule has 1 heterocycles. The summed E-state index contributed by atoms with van der Waals surface area (Å²) in [5.41, 5.74) is 3.81. The second-order valence-corrected chi connectivity index (χ2v) is 8.53. The third-order valence-electron chi connectivity index (χ3n) is 5.83. The maximum absolute atomic E-state index is 13.3. The number of nitrogens with zero attached hydrogens (tertiary/aromatic N) is 2. The molecule has 0 spiro atoms. The zero-order valence-corrected chi connectivity index (χ0v) is 20.4. The highest BCUT2D eigenvalue weighted by molar-refractivity contribution is 5.97. The van der Waals surface area contributed by atoms with Crippen LogP contribution in [0.5, 0.6) is 5.75 Å². The van der Waals surface area contributed by atoms with Gasteiger partial charge in [0.15, 0.2) is 0 Å². The first-order valence-electron chi connectivity index (χ1n) is 12.1. The molecule has 8 nitrogen and oxygen atoms in total. The van der Waals surface area contributed by atoms with Crippen molar-refractivity contribution in [2.24, 2.45) is 10.2 Å². The summed E-state index contributed by atoms with van der Waals surface area (Å²) >= 11 is 0. The van der Waals surface area contributed by atoms with Crippen molar-refractivity contribution in [2.45, 2.75) is 12.5 Å². The van der Waals surface area contributed by atoms with Crippen LogP contribution in [0.1, 0.15) is 5.56 Å². The zero-order chi connectivity index (χ0) is 26.2. The minimum Gasteiger partial charge on any atom is -0.410 e. The van der Waals surface area contributed by atoms with Crippen molar-refractivity contribution in [3.63, 3.8) is 0 Å². The summed E-state index contributed by atoms with van der Waals surface area (Å²) in [6, 6.07) is 32.0. The van der Waals surface area contributed by atoms with E-state index >= 15 is 0 Å². The van der Waals surface area contributed by atoms with Crippen LogP contribution >= 0.6 is 0 Å². The van der Waals surface area contributed by atoms with Gasteiger partial charge in [-0.1, -0.05) is 54.6 Å². The number of amides is 2. The Kier molecular flexibility index (Phi) is 7.51. The molecule has 0 aliphatic carbocycles. The first kappa shape index (κ1) is 24.5. The molecule has 5 rings (SSSR count). The minimum atomic E-state index is -0.886. The zero-order valence-electron chi connectivity index (χ0n) is 20.4. The van der Waals surface area contributed by atoms with Gasteiger partial charge in [-0.2, -0.15) is 10.2 Å². The third kappa shape index (κ3) is 6.30. The van der Waals surface area contributed by atoms with Gasteiger partial charge in [-0.3, -0.25) is 4.79 Å². The lowest BCUT2D eigenvalue weighted by Gasteiger charge is -2.18. The number of carbonyl (C=O) groups excluding carboxylic acids is 2. The second kappa shape index (κ2) is 11.7. The van der Waals surface area contributed by atoms with Gasteiger partial charge in [0.1, 0.15) is 11.8 Å². The van der Waals surface area contributed by atoms with E-state index in [0.29, 0.717) is 17.1 Å². The maximum Gasteiger partial charge on any atom is 0.413 e. The highest BCUT2D eigenvalue weighted by Crippen LogP contribution is 2.22. The van der Waals surface area contributed by atoms with E-state index in [0.717, 1.165) is 22.2 Å². The summed E-state index contributed by atoms with van der Waals surface area (Å²) in [5.74, 6) is 0.00969. The van der Waals surface area contributed by atoms with Crippen LogP contribution < -0.4 is 15.4 Å². The predicted molar refractivity (Wildman–Crippen MR) is 147 cm³/mol. The number of carbonyl (C=O) groups is 2.